The van der Waals surface area contributed by atoms with Crippen LogP contribution >= 0.6 is 0 Å². The summed E-state index contributed by atoms with van der Waals surface area (Å²) < 4.78 is 0. The van der Waals surface area contributed by atoms with Crippen molar-refractivity contribution >= 4 is 17.4 Å². The molecule has 96 valence electrons. The van der Waals surface area contributed by atoms with E-state index in [-0.39, 0.29) is 6.04 Å². The number of nitrogens with zero attached hydrogens (tertiary/aromatic N) is 2. The van der Waals surface area contributed by atoms with Crippen molar-refractivity contribution in [3.8, 4) is 0 Å². The van der Waals surface area contributed by atoms with Gasteiger partial charge in [0.05, 0.1) is 6.20 Å². The van der Waals surface area contributed by atoms with Crippen LogP contribution in [-0.4, -0.2) is 41.5 Å². The highest BCUT2D eigenvalue weighted by Crippen LogP contribution is 2.18. The number of carbonyl (C=O) groups is 1. The Labute approximate surface area is 107 Å². The van der Waals surface area contributed by atoms with Crippen molar-refractivity contribution in [3.05, 3.63) is 18.3 Å². The first-order valence-electron chi connectivity index (χ1n) is 6.62. The standard InChI is InChI=1S/C13H18N4O/c14-12-5-4-10(9-15-12)17-8-7-16-6-2-1-3-11(16)13(17)18/h4-5,9,11H,1-3,6-8H2,(H2,14,15)/p+1. The van der Waals surface area contributed by atoms with E-state index >= 15 is 0 Å². The maximum atomic E-state index is 12.5. The summed E-state index contributed by atoms with van der Waals surface area (Å²) in [6, 6.07) is 3.79. The zero-order valence-corrected chi connectivity index (χ0v) is 10.4. The van der Waals surface area contributed by atoms with Crippen LogP contribution in [0.15, 0.2) is 18.3 Å². The third-order valence-electron chi connectivity index (χ3n) is 4.00. The van der Waals surface area contributed by atoms with Crippen LogP contribution in [0.5, 0.6) is 0 Å². The highest BCUT2D eigenvalue weighted by molar-refractivity contribution is 5.76. The molecule has 3 N–H and O–H groups in total. The number of nitrogen functional groups attached to an aromatic ring is 1. The average Bonchev–Trinajstić information content (AvgIpc) is 2.41. The molecular weight excluding hydrogens is 228 g/mol. The number of anilines is 1. The minimum absolute atomic E-state index is 0.111. The molecule has 0 aromatic carbocycles. The molecule has 18 heavy (non-hydrogen) atoms. The van der Waals surface area contributed by atoms with Gasteiger partial charge in [-0.1, -0.05) is 0 Å². The molecule has 0 bridgehead atoms. The molecule has 3 heterocycles. The van der Waals surface area contributed by atoms with E-state index in [4.69, 9.17) is 5.73 Å². The van der Waals surface area contributed by atoms with Gasteiger partial charge in [-0.05, 0) is 31.9 Å². The fourth-order valence-electron chi connectivity index (χ4n) is 3.01. The summed E-state index contributed by atoms with van der Waals surface area (Å²) in [4.78, 5) is 19.9. The van der Waals surface area contributed by atoms with Crippen LogP contribution in [0, 0.1) is 0 Å². The predicted molar refractivity (Wildman–Crippen MR) is 68.4 cm³/mol. The van der Waals surface area contributed by atoms with E-state index in [2.05, 4.69) is 9.88 Å². The number of aromatic nitrogens is 1. The number of rotatable bonds is 1. The molecule has 1 aromatic rings. The molecule has 2 atom stereocenters. The van der Waals surface area contributed by atoms with Gasteiger partial charge in [0.2, 0.25) is 0 Å². The number of pyridine rings is 1. The zero-order chi connectivity index (χ0) is 12.5. The maximum Gasteiger partial charge on any atom is 0.334 e. The van der Waals surface area contributed by atoms with Gasteiger partial charge in [-0.3, -0.25) is 4.90 Å². The van der Waals surface area contributed by atoms with Crippen molar-refractivity contribution in [3.63, 3.8) is 0 Å². The molecule has 0 spiro atoms. The highest BCUT2D eigenvalue weighted by atomic mass is 16.2. The van der Waals surface area contributed by atoms with E-state index in [1.807, 2.05) is 6.07 Å². The Balaban J connectivity index is 1.81. The number of carbonyl (C=O) groups excluding carboxylic acids is 1. The minimum atomic E-state index is 0.111. The molecule has 5 nitrogen and oxygen atoms in total. The van der Waals surface area contributed by atoms with Crippen LogP contribution in [0.4, 0.5) is 11.5 Å². The number of piperidine rings is 1. The van der Waals surface area contributed by atoms with E-state index < -0.39 is 0 Å². The monoisotopic (exact) mass is 247 g/mol. The number of fused-ring (bicyclic) bond motifs is 1. The number of nitrogens with two attached hydrogens (primary N) is 1. The van der Waals surface area contributed by atoms with E-state index in [1.165, 1.54) is 12.8 Å². The summed E-state index contributed by atoms with van der Waals surface area (Å²) in [6.07, 6.45) is 5.12. The van der Waals surface area contributed by atoms with Crippen LogP contribution in [0.2, 0.25) is 0 Å². The average molecular weight is 247 g/mol. The van der Waals surface area contributed by atoms with Crippen LogP contribution in [0.3, 0.4) is 0 Å². The van der Waals surface area contributed by atoms with Crippen LogP contribution in [0.1, 0.15) is 19.3 Å². The van der Waals surface area contributed by atoms with Gasteiger partial charge in [0, 0.05) is 12.6 Å². The number of piperazine rings is 1. The van der Waals surface area contributed by atoms with Gasteiger partial charge < -0.3 is 5.73 Å². The van der Waals surface area contributed by atoms with E-state index in [1.54, 1.807) is 12.3 Å². The van der Waals surface area contributed by atoms with Gasteiger partial charge in [-0.25, -0.2) is 14.7 Å². The largest absolute Gasteiger partial charge is 0.384 e. The first-order valence-corrected chi connectivity index (χ1v) is 6.62. The fraction of sp³-hybridized carbons (Fsp3) is 0.538. The van der Waals surface area contributed by atoms with Crippen LogP contribution in [-0.2, 0) is 4.79 Å². The van der Waals surface area contributed by atoms with Crippen molar-refractivity contribution in [2.24, 2.45) is 0 Å². The molecule has 2 fully saturated rings. The lowest BCUT2D eigenvalue weighted by Crippen LogP contribution is -3.14. The summed E-state index contributed by atoms with van der Waals surface area (Å²) in [5, 5.41) is 0. The zero-order valence-electron chi connectivity index (χ0n) is 10.4. The second kappa shape index (κ2) is 4.66. The molecule has 1 aromatic heterocycles. The lowest BCUT2D eigenvalue weighted by Gasteiger charge is -2.39. The number of hydrogen-bond acceptors (Lipinski definition) is 4. The molecule has 2 unspecified atom stereocenters. The van der Waals surface area contributed by atoms with E-state index in [9.17, 15) is 4.79 Å². The molecule has 3 rings (SSSR count). The lowest BCUT2D eigenvalue weighted by atomic mass is 9.98. The van der Waals surface area contributed by atoms with Gasteiger partial charge in [0.1, 0.15) is 18.4 Å². The van der Waals surface area contributed by atoms with Crippen molar-refractivity contribution in [2.45, 2.75) is 25.3 Å². The van der Waals surface area contributed by atoms with Crippen LogP contribution < -0.4 is 10.6 Å². The molecule has 0 radical (unpaired) electrons. The molecule has 2 aliphatic rings. The summed E-state index contributed by atoms with van der Waals surface area (Å²) in [5.41, 5.74) is 6.53. The first kappa shape index (κ1) is 11.6. The predicted octanol–water partition coefficient (Wildman–Crippen LogP) is -0.425. The van der Waals surface area contributed by atoms with Crippen molar-refractivity contribution < 1.29 is 9.69 Å². The Morgan fingerprint density at radius 3 is 3.00 bits per heavy atom. The molecule has 0 saturated carbocycles. The van der Waals surface area contributed by atoms with Crippen LogP contribution in [0.25, 0.3) is 0 Å². The minimum Gasteiger partial charge on any atom is -0.384 e. The van der Waals surface area contributed by atoms with Crippen molar-refractivity contribution in [2.75, 3.05) is 25.4 Å². The van der Waals surface area contributed by atoms with Gasteiger partial charge in [0.15, 0.2) is 5.69 Å². The normalized spacial score (nSPS) is 29.0. The number of quaternary nitrogens is 1. The Morgan fingerprint density at radius 2 is 2.22 bits per heavy atom. The molecule has 5 heteroatoms. The van der Waals surface area contributed by atoms with Crippen molar-refractivity contribution in [1.82, 2.24) is 9.88 Å². The smallest absolute Gasteiger partial charge is 0.334 e. The third kappa shape index (κ3) is 2.00. The Bertz CT molecular complexity index is 445. The molecule has 0 aliphatic carbocycles. The number of amides is 1. The third-order valence-corrected chi connectivity index (χ3v) is 4.00. The molecule has 1 amide bonds. The summed E-state index contributed by atoms with van der Waals surface area (Å²) in [6.45, 7) is 2.90. The Morgan fingerprint density at radius 1 is 1.33 bits per heavy atom. The quantitative estimate of drug-likeness (QED) is 0.707. The second-order valence-electron chi connectivity index (χ2n) is 5.11. The topological polar surface area (TPSA) is 63.7 Å². The first-order chi connectivity index (χ1) is 8.75. The van der Waals surface area contributed by atoms with Gasteiger partial charge >= 0.3 is 5.91 Å². The number of nitrogens with one attached hydrogen (secondary N) is 1. The highest BCUT2D eigenvalue weighted by Gasteiger charge is 2.40. The SMILES string of the molecule is Nc1ccc([NH+]2CCN3CCCCC3C2=O)cn1. The Kier molecular flexibility index (Phi) is 3.01. The number of hydrogen-bond donors (Lipinski definition) is 2. The summed E-state index contributed by atoms with van der Waals surface area (Å²) >= 11 is 0. The van der Waals surface area contributed by atoms with Gasteiger partial charge in [0.25, 0.3) is 0 Å². The van der Waals surface area contributed by atoms with Gasteiger partial charge in [-0.15, -0.1) is 0 Å². The fourth-order valence-corrected chi connectivity index (χ4v) is 3.01. The molecule has 2 saturated heterocycles. The maximum absolute atomic E-state index is 12.5. The van der Waals surface area contributed by atoms with Gasteiger partial charge in [-0.2, -0.15) is 0 Å². The van der Waals surface area contributed by atoms with E-state index in [0.29, 0.717) is 11.7 Å². The summed E-state index contributed by atoms with van der Waals surface area (Å²) in [5.74, 6) is 0.800. The molecular formula is C13H19N4O+. The van der Waals surface area contributed by atoms with E-state index in [0.717, 1.165) is 36.6 Å². The Hall–Kier alpha value is -1.46. The van der Waals surface area contributed by atoms with Crippen molar-refractivity contribution in [1.29, 1.82) is 0 Å². The second-order valence-corrected chi connectivity index (χ2v) is 5.11. The summed E-state index contributed by atoms with van der Waals surface area (Å²) in [7, 11) is 0. The lowest BCUT2D eigenvalue weighted by molar-refractivity contribution is -0.756. The molecule has 2 aliphatic heterocycles.